The molecular formula is C33H47F3N2O8. The second-order valence-electron chi connectivity index (χ2n) is 14.5. The number of fused-ring (bicyclic) bond motifs is 5. The number of hydroxylamine groups is 2. The van der Waals surface area contributed by atoms with E-state index in [1.807, 2.05) is 6.07 Å². The Labute approximate surface area is 266 Å². The van der Waals surface area contributed by atoms with Gasteiger partial charge in [-0.05, 0) is 86.2 Å². The average Bonchev–Trinajstić information content (AvgIpc) is 3.29. The predicted molar refractivity (Wildman–Crippen MR) is 159 cm³/mol. The van der Waals surface area contributed by atoms with Gasteiger partial charge in [0.25, 0.3) is 0 Å². The lowest BCUT2D eigenvalue weighted by molar-refractivity contribution is -0.307. The molecule has 4 N–H and O–H groups in total. The Hall–Kier alpha value is -1.84. The standard InChI is InChI=1S/C33H47F3N2O8/c1-30-11-8-21(38(43-3)29-28(41)27(40)25(16-46-29)37-18-44-17-33(34,35)36)14-20(30)5-6-24-23(30)9-12-31(2)22(10-13-32(24,31)42)19-4-7-26(39)45-15-19/h4,7,14-15,21-25,27-29,37,40-42H,5-6,8-13,16-18H2,1-3H3. The van der Waals surface area contributed by atoms with E-state index < -0.39 is 49.6 Å². The number of allylic oxidation sites excluding steroid dienone is 1. The van der Waals surface area contributed by atoms with E-state index >= 15 is 0 Å². The molecule has 1 saturated heterocycles. The third kappa shape index (κ3) is 5.78. The monoisotopic (exact) mass is 656 g/mol. The van der Waals surface area contributed by atoms with Crippen molar-refractivity contribution in [3.8, 4) is 0 Å². The number of rotatable bonds is 8. The van der Waals surface area contributed by atoms with Crippen molar-refractivity contribution >= 4 is 0 Å². The van der Waals surface area contributed by atoms with Gasteiger partial charge in [-0.1, -0.05) is 25.5 Å². The Balaban J connectivity index is 1.14. The smallest absolute Gasteiger partial charge is 0.411 e. The quantitative estimate of drug-likeness (QED) is 0.142. The van der Waals surface area contributed by atoms with Gasteiger partial charge < -0.3 is 29.2 Å². The number of hydrogen-bond acceptors (Lipinski definition) is 10. The molecule has 0 amide bonds. The largest absolute Gasteiger partial charge is 0.431 e. The Morgan fingerprint density at radius 2 is 1.85 bits per heavy atom. The van der Waals surface area contributed by atoms with Crippen LogP contribution in [0.3, 0.4) is 0 Å². The summed E-state index contributed by atoms with van der Waals surface area (Å²) < 4.78 is 52.8. The first-order valence-electron chi connectivity index (χ1n) is 16.4. The summed E-state index contributed by atoms with van der Waals surface area (Å²) in [6.07, 6.45) is 2.33. The fraction of sp³-hybridized carbons (Fsp3) is 0.788. The van der Waals surface area contributed by atoms with Gasteiger partial charge in [0.05, 0.1) is 44.4 Å². The first kappa shape index (κ1) is 34.0. The molecule has 2 heterocycles. The fourth-order valence-corrected chi connectivity index (χ4v) is 9.95. The van der Waals surface area contributed by atoms with Crippen molar-refractivity contribution in [2.75, 3.05) is 27.1 Å². The van der Waals surface area contributed by atoms with E-state index in [-0.39, 0.29) is 40.9 Å². The lowest BCUT2D eigenvalue weighted by Crippen LogP contribution is -2.64. The lowest BCUT2D eigenvalue weighted by atomic mass is 9.45. The van der Waals surface area contributed by atoms with Crippen LogP contribution in [-0.4, -0.2) is 89.7 Å². The van der Waals surface area contributed by atoms with Gasteiger partial charge >= 0.3 is 11.8 Å². The first-order valence-corrected chi connectivity index (χ1v) is 16.4. The summed E-state index contributed by atoms with van der Waals surface area (Å²) in [6.45, 7) is 2.60. The maximum atomic E-state index is 12.5. The van der Waals surface area contributed by atoms with Crippen LogP contribution < -0.4 is 10.9 Å². The van der Waals surface area contributed by atoms with E-state index in [1.54, 1.807) is 11.3 Å². The number of aliphatic hydroxyl groups is 3. The van der Waals surface area contributed by atoms with Crippen LogP contribution >= 0.6 is 0 Å². The maximum absolute atomic E-state index is 12.5. The van der Waals surface area contributed by atoms with Crippen molar-refractivity contribution in [1.82, 2.24) is 10.4 Å². The highest BCUT2D eigenvalue weighted by atomic mass is 19.4. The summed E-state index contributed by atoms with van der Waals surface area (Å²) in [7, 11) is 1.49. The zero-order valence-electron chi connectivity index (χ0n) is 26.7. The number of nitrogens with one attached hydrogen (secondary N) is 1. The van der Waals surface area contributed by atoms with Crippen LogP contribution in [-0.2, 0) is 14.3 Å². The van der Waals surface area contributed by atoms with Crippen LogP contribution in [0.2, 0.25) is 0 Å². The van der Waals surface area contributed by atoms with Gasteiger partial charge in [-0.3, -0.25) is 10.2 Å². The minimum atomic E-state index is -4.46. The van der Waals surface area contributed by atoms with Gasteiger partial charge in [-0.2, -0.15) is 18.2 Å². The summed E-state index contributed by atoms with van der Waals surface area (Å²) in [5.74, 6) is 0.574. The molecular weight excluding hydrogens is 609 g/mol. The van der Waals surface area contributed by atoms with E-state index in [0.717, 1.165) is 44.1 Å². The van der Waals surface area contributed by atoms with E-state index in [4.69, 9.17) is 14.0 Å². The molecule has 0 radical (unpaired) electrons. The van der Waals surface area contributed by atoms with Crippen molar-refractivity contribution in [3.63, 3.8) is 0 Å². The Kier molecular flexibility index (Phi) is 9.29. The molecule has 1 aliphatic heterocycles. The molecule has 0 spiro atoms. The van der Waals surface area contributed by atoms with Gasteiger partial charge in [-0.25, -0.2) is 4.79 Å². The number of nitrogens with zero attached hydrogens (tertiary/aromatic N) is 1. The third-order valence-corrected chi connectivity index (χ3v) is 12.4. The van der Waals surface area contributed by atoms with Crippen LogP contribution in [0.1, 0.15) is 76.7 Å². The lowest BCUT2D eigenvalue weighted by Gasteiger charge is -2.62. The molecule has 1 aromatic heterocycles. The molecule has 0 bridgehead atoms. The predicted octanol–water partition coefficient (Wildman–Crippen LogP) is 3.61. The Bertz CT molecular complexity index is 1320. The van der Waals surface area contributed by atoms with Gasteiger partial charge in [0.15, 0.2) is 6.23 Å². The molecule has 13 heteroatoms. The molecule has 5 aliphatic rings. The number of hydrogen-bond donors (Lipinski definition) is 4. The molecule has 0 aromatic carbocycles. The summed E-state index contributed by atoms with van der Waals surface area (Å²) in [5.41, 5.74) is 0.675. The molecule has 10 nitrogen and oxygen atoms in total. The van der Waals surface area contributed by atoms with Crippen molar-refractivity contribution in [3.05, 3.63) is 46.0 Å². The number of aliphatic hydroxyl groups excluding tert-OH is 2. The molecule has 1 aromatic rings. The van der Waals surface area contributed by atoms with Crippen LogP contribution in [0.15, 0.2) is 39.3 Å². The van der Waals surface area contributed by atoms with Crippen molar-refractivity contribution in [1.29, 1.82) is 0 Å². The number of halogens is 3. The molecule has 4 aliphatic carbocycles. The van der Waals surface area contributed by atoms with Gasteiger partial charge in [0, 0.05) is 11.5 Å². The molecule has 4 fully saturated rings. The summed E-state index contributed by atoms with van der Waals surface area (Å²) >= 11 is 0. The topological polar surface area (TPSA) is 134 Å². The van der Waals surface area contributed by atoms with Crippen LogP contribution in [0.25, 0.3) is 0 Å². The first-order chi connectivity index (χ1) is 21.7. The zero-order valence-corrected chi connectivity index (χ0v) is 26.7. The second kappa shape index (κ2) is 12.6. The van der Waals surface area contributed by atoms with Gasteiger partial charge in [-0.15, -0.1) is 0 Å². The van der Waals surface area contributed by atoms with Crippen LogP contribution in [0.5, 0.6) is 0 Å². The number of ether oxygens (including phenoxy) is 2. The highest BCUT2D eigenvalue weighted by Gasteiger charge is 2.66. The summed E-state index contributed by atoms with van der Waals surface area (Å²) in [4.78, 5) is 17.3. The van der Waals surface area contributed by atoms with Crippen LogP contribution in [0.4, 0.5) is 13.2 Å². The SMILES string of the molecule is CON(C1C=C2CCC3C(CCC4(C)C(c5ccc(=O)oc5)CCC34O)C2(C)CC1)C1OCC(NCOCC(F)(F)F)C(O)C1O. The third-order valence-electron chi connectivity index (χ3n) is 12.4. The molecule has 3 saturated carbocycles. The van der Waals surface area contributed by atoms with Crippen LogP contribution in [0, 0.1) is 22.7 Å². The zero-order chi connectivity index (χ0) is 33.1. The number of alkyl halides is 3. The highest BCUT2D eigenvalue weighted by molar-refractivity contribution is 5.31. The minimum absolute atomic E-state index is 0.0592. The highest BCUT2D eigenvalue weighted by Crippen LogP contribution is 2.70. The van der Waals surface area contributed by atoms with E-state index in [2.05, 4.69) is 30.0 Å². The van der Waals surface area contributed by atoms with E-state index in [9.17, 15) is 33.3 Å². The maximum Gasteiger partial charge on any atom is 0.411 e. The van der Waals surface area contributed by atoms with Crippen molar-refractivity contribution < 1.29 is 47.2 Å². The minimum Gasteiger partial charge on any atom is -0.431 e. The average molecular weight is 657 g/mol. The molecule has 11 unspecified atom stereocenters. The van der Waals surface area contributed by atoms with Gasteiger partial charge in [0.1, 0.15) is 18.8 Å². The molecule has 11 atom stereocenters. The van der Waals surface area contributed by atoms with E-state index in [0.29, 0.717) is 18.8 Å². The molecule has 46 heavy (non-hydrogen) atoms. The normalized spacial score (nSPS) is 42.7. The molecule has 258 valence electrons. The molecule has 6 rings (SSSR count). The van der Waals surface area contributed by atoms with Crippen molar-refractivity contribution in [2.24, 2.45) is 22.7 Å². The second-order valence-corrected chi connectivity index (χ2v) is 14.5. The fourth-order valence-electron chi connectivity index (χ4n) is 9.95. The van der Waals surface area contributed by atoms with Gasteiger partial charge in [0.2, 0.25) is 0 Å². The summed E-state index contributed by atoms with van der Waals surface area (Å²) in [5, 5.41) is 38.5. The van der Waals surface area contributed by atoms with Crippen molar-refractivity contribution in [2.45, 2.75) is 113 Å². The Morgan fingerprint density at radius 1 is 1.07 bits per heavy atom. The summed E-state index contributed by atoms with van der Waals surface area (Å²) in [6, 6.07) is 2.27. The van der Waals surface area contributed by atoms with E-state index in [1.165, 1.54) is 18.7 Å². The Morgan fingerprint density at radius 3 is 2.54 bits per heavy atom.